The zero-order chi connectivity index (χ0) is 13.5. The maximum atomic E-state index is 11.7. The molecule has 0 saturated carbocycles. The maximum absolute atomic E-state index is 11.7. The van der Waals surface area contributed by atoms with Crippen molar-refractivity contribution in [2.45, 2.75) is 19.8 Å². The Morgan fingerprint density at radius 2 is 2.00 bits per heavy atom. The molecule has 3 amide bonds. The van der Waals surface area contributed by atoms with Crippen LogP contribution in [-0.2, 0) is 9.59 Å². The molecule has 7 nitrogen and oxygen atoms in total. The van der Waals surface area contributed by atoms with Crippen LogP contribution in [0.5, 0.6) is 0 Å². The summed E-state index contributed by atoms with van der Waals surface area (Å²) in [4.78, 5) is 34.8. The molecular weight excluding hydrogens is 238 g/mol. The van der Waals surface area contributed by atoms with E-state index in [0.29, 0.717) is 19.0 Å². The number of amides is 3. The van der Waals surface area contributed by atoms with Gasteiger partial charge in [-0.25, -0.2) is 4.79 Å². The van der Waals surface area contributed by atoms with Crippen LogP contribution < -0.4 is 10.6 Å². The van der Waals surface area contributed by atoms with Crippen LogP contribution in [-0.4, -0.2) is 54.1 Å². The molecule has 0 bridgehead atoms. The van der Waals surface area contributed by atoms with Crippen molar-refractivity contribution in [3.63, 3.8) is 0 Å². The molecule has 0 aliphatic carbocycles. The van der Waals surface area contributed by atoms with Gasteiger partial charge >= 0.3 is 12.0 Å². The Morgan fingerprint density at radius 1 is 1.28 bits per heavy atom. The summed E-state index contributed by atoms with van der Waals surface area (Å²) in [5.41, 5.74) is 0. The lowest BCUT2D eigenvalue weighted by molar-refractivity contribution is -0.137. The summed E-state index contributed by atoms with van der Waals surface area (Å²) in [7, 11) is 0. The first-order chi connectivity index (χ1) is 8.49. The Hall–Kier alpha value is -1.79. The molecule has 1 aliphatic heterocycles. The van der Waals surface area contributed by atoms with E-state index in [4.69, 9.17) is 5.11 Å². The van der Waals surface area contributed by atoms with Gasteiger partial charge in [-0.05, 0) is 18.8 Å². The highest BCUT2D eigenvalue weighted by Gasteiger charge is 2.20. The van der Waals surface area contributed by atoms with Crippen LogP contribution in [0.2, 0.25) is 0 Å². The van der Waals surface area contributed by atoms with Gasteiger partial charge in [0.05, 0.1) is 6.54 Å². The fraction of sp³-hybridized carbons (Fsp3) is 0.727. The second kappa shape index (κ2) is 6.83. The number of nitrogens with one attached hydrogen (secondary N) is 2. The van der Waals surface area contributed by atoms with Crippen molar-refractivity contribution in [2.75, 3.05) is 26.2 Å². The zero-order valence-corrected chi connectivity index (χ0v) is 10.4. The lowest BCUT2D eigenvalue weighted by atomic mass is 10.0. The van der Waals surface area contributed by atoms with Crippen LogP contribution in [0.25, 0.3) is 0 Å². The second-order valence-electron chi connectivity index (χ2n) is 4.52. The van der Waals surface area contributed by atoms with Crippen molar-refractivity contribution in [3.8, 4) is 0 Å². The number of carbonyl (C=O) groups excluding carboxylic acids is 2. The Morgan fingerprint density at radius 3 is 2.61 bits per heavy atom. The monoisotopic (exact) mass is 257 g/mol. The quantitative estimate of drug-likeness (QED) is 0.640. The summed E-state index contributed by atoms with van der Waals surface area (Å²) in [6.07, 6.45) is 2.09. The van der Waals surface area contributed by atoms with E-state index in [1.165, 1.54) is 0 Å². The number of carboxylic acids is 1. The van der Waals surface area contributed by atoms with Crippen LogP contribution in [0.15, 0.2) is 0 Å². The molecule has 1 heterocycles. The van der Waals surface area contributed by atoms with Crippen molar-refractivity contribution in [3.05, 3.63) is 0 Å². The molecule has 1 fully saturated rings. The standard InChI is InChI=1S/C11H19N3O4/c1-8-3-2-4-14(7-8)11(18)13-5-9(15)12-6-10(16)17/h8H,2-7H2,1H3,(H,12,15)(H,13,18)(H,16,17). The van der Waals surface area contributed by atoms with Gasteiger partial charge in [-0.1, -0.05) is 6.92 Å². The molecule has 1 rings (SSSR count). The van der Waals surface area contributed by atoms with Gasteiger partial charge in [0.15, 0.2) is 0 Å². The lowest BCUT2D eigenvalue weighted by Crippen LogP contribution is -2.48. The highest BCUT2D eigenvalue weighted by molar-refractivity contribution is 5.86. The van der Waals surface area contributed by atoms with Crippen LogP contribution in [0.1, 0.15) is 19.8 Å². The number of hydrogen-bond acceptors (Lipinski definition) is 3. The fourth-order valence-electron chi connectivity index (χ4n) is 1.88. The Bertz CT molecular complexity index is 332. The molecule has 1 saturated heterocycles. The second-order valence-corrected chi connectivity index (χ2v) is 4.52. The zero-order valence-electron chi connectivity index (χ0n) is 10.4. The number of carbonyl (C=O) groups is 3. The van der Waals surface area contributed by atoms with Crippen molar-refractivity contribution in [1.82, 2.24) is 15.5 Å². The molecule has 0 spiro atoms. The van der Waals surface area contributed by atoms with Crippen molar-refractivity contribution < 1.29 is 19.5 Å². The first-order valence-electron chi connectivity index (χ1n) is 6.00. The molecule has 0 aromatic rings. The molecule has 0 radical (unpaired) electrons. The summed E-state index contributed by atoms with van der Waals surface area (Å²) in [6, 6.07) is -0.271. The normalized spacial score (nSPS) is 19.2. The summed E-state index contributed by atoms with van der Waals surface area (Å²) in [5, 5.41) is 13.0. The molecule has 3 N–H and O–H groups in total. The first-order valence-corrected chi connectivity index (χ1v) is 6.00. The molecular formula is C11H19N3O4. The Balaban J connectivity index is 2.23. The minimum Gasteiger partial charge on any atom is -0.480 e. The summed E-state index contributed by atoms with van der Waals surface area (Å²) >= 11 is 0. The average molecular weight is 257 g/mol. The van der Waals surface area contributed by atoms with Gasteiger partial charge < -0.3 is 20.6 Å². The molecule has 18 heavy (non-hydrogen) atoms. The van der Waals surface area contributed by atoms with Gasteiger partial charge in [-0.2, -0.15) is 0 Å². The summed E-state index contributed by atoms with van der Waals surface area (Å²) in [6.45, 7) is 2.85. The molecule has 1 aliphatic rings. The predicted molar refractivity (Wildman–Crippen MR) is 64.0 cm³/mol. The number of urea groups is 1. The van der Waals surface area contributed by atoms with Crippen LogP contribution in [0.3, 0.4) is 0 Å². The number of nitrogens with zero attached hydrogens (tertiary/aromatic N) is 1. The van der Waals surface area contributed by atoms with Gasteiger partial charge in [0.1, 0.15) is 6.54 Å². The number of rotatable bonds is 4. The lowest BCUT2D eigenvalue weighted by Gasteiger charge is -2.30. The SMILES string of the molecule is CC1CCCN(C(=O)NCC(=O)NCC(=O)O)C1. The number of piperidine rings is 1. The van der Waals surface area contributed by atoms with E-state index in [2.05, 4.69) is 17.6 Å². The smallest absolute Gasteiger partial charge is 0.322 e. The van der Waals surface area contributed by atoms with E-state index < -0.39 is 18.4 Å². The fourth-order valence-corrected chi connectivity index (χ4v) is 1.88. The van der Waals surface area contributed by atoms with E-state index in [-0.39, 0.29) is 12.6 Å². The molecule has 0 aromatic carbocycles. The number of hydrogen-bond donors (Lipinski definition) is 3. The third-order valence-electron chi connectivity index (χ3n) is 2.78. The van der Waals surface area contributed by atoms with E-state index in [1.54, 1.807) is 4.90 Å². The van der Waals surface area contributed by atoms with Crippen molar-refractivity contribution in [2.24, 2.45) is 5.92 Å². The minimum absolute atomic E-state index is 0.197. The Labute approximate surface area is 106 Å². The third kappa shape index (κ3) is 5.03. The van der Waals surface area contributed by atoms with Crippen LogP contribution >= 0.6 is 0 Å². The highest BCUT2D eigenvalue weighted by atomic mass is 16.4. The summed E-state index contributed by atoms with van der Waals surface area (Å²) in [5.74, 6) is -1.14. The van der Waals surface area contributed by atoms with Crippen molar-refractivity contribution >= 4 is 17.9 Å². The van der Waals surface area contributed by atoms with Crippen LogP contribution in [0, 0.1) is 5.92 Å². The molecule has 1 atom stereocenters. The molecule has 0 aromatic heterocycles. The third-order valence-corrected chi connectivity index (χ3v) is 2.78. The average Bonchev–Trinajstić information content (AvgIpc) is 2.33. The van der Waals surface area contributed by atoms with E-state index in [9.17, 15) is 14.4 Å². The maximum Gasteiger partial charge on any atom is 0.322 e. The molecule has 1 unspecified atom stereocenters. The summed E-state index contributed by atoms with van der Waals surface area (Å²) < 4.78 is 0. The highest BCUT2D eigenvalue weighted by Crippen LogP contribution is 2.14. The first kappa shape index (κ1) is 14.3. The molecule has 7 heteroatoms. The minimum atomic E-state index is -1.11. The van der Waals surface area contributed by atoms with Crippen LogP contribution in [0.4, 0.5) is 4.79 Å². The van der Waals surface area contributed by atoms with E-state index >= 15 is 0 Å². The largest absolute Gasteiger partial charge is 0.480 e. The predicted octanol–water partition coefficient (Wildman–Crippen LogP) is -0.371. The van der Waals surface area contributed by atoms with Gasteiger partial charge in [0.2, 0.25) is 5.91 Å². The topological polar surface area (TPSA) is 98.7 Å². The Kier molecular flexibility index (Phi) is 5.41. The number of aliphatic carboxylic acids is 1. The van der Waals surface area contributed by atoms with Gasteiger partial charge in [0, 0.05) is 13.1 Å². The van der Waals surface area contributed by atoms with Gasteiger partial charge in [-0.15, -0.1) is 0 Å². The number of likely N-dealkylation sites (tertiary alicyclic amines) is 1. The van der Waals surface area contributed by atoms with E-state index in [0.717, 1.165) is 12.8 Å². The van der Waals surface area contributed by atoms with Gasteiger partial charge in [-0.3, -0.25) is 9.59 Å². The van der Waals surface area contributed by atoms with Gasteiger partial charge in [0.25, 0.3) is 0 Å². The molecule has 102 valence electrons. The number of carboxylic acid groups (broad SMARTS) is 1. The van der Waals surface area contributed by atoms with Crippen molar-refractivity contribution in [1.29, 1.82) is 0 Å². The van der Waals surface area contributed by atoms with E-state index in [1.807, 2.05) is 0 Å².